The topological polar surface area (TPSA) is 35.0 Å². The third-order valence-electron chi connectivity index (χ3n) is 3.60. The molecule has 8 heteroatoms. The van der Waals surface area contributed by atoms with E-state index in [-0.39, 0.29) is 5.25 Å². The molecule has 0 aliphatic carbocycles. The normalized spacial score (nSPS) is 12.2. The molecule has 3 nitrogen and oxygen atoms in total. The van der Waals surface area contributed by atoms with Gasteiger partial charge in [0.1, 0.15) is 5.75 Å². The molecule has 0 aliphatic heterocycles. The van der Waals surface area contributed by atoms with Crippen molar-refractivity contribution in [2.75, 3.05) is 7.11 Å². The van der Waals surface area contributed by atoms with Gasteiger partial charge >= 0.3 is 0 Å². The minimum absolute atomic E-state index is 0.0440. The van der Waals surface area contributed by atoms with Crippen LogP contribution >= 0.6 is 34.9 Å². The zero-order valence-electron chi connectivity index (χ0n) is 14.1. The maximum absolute atomic E-state index is 13.4. The quantitative estimate of drug-likeness (QED) is 0.448. The van der Waals surface area contributed by atoms with Gasteiger partial charge in [-0.25, -0.2) is 8.78 Å². The molecule has 0 spiro atoms. The molecule has 3 aromatic rings. The molecule has 1 heterocycles. The van der Waals surface area contributed by atoms with Crippen LogP contribution in [0.1, 0.15) is 23.3 Å². The predicted octanol–water partition coefficient (Wildman–Crippen LogP) is 5.97. The SMILES string of the molecule is COc1ccc(CSc2nnc(SC(C)c3ccc(F)c(F)c3)s2)cc1. The van der Waals surface area contributed by atoms with E-state index in [0.29, 0.717) is 0 Å². The zero-order valence-corrected chi connectivity index (χ0v) is 16.6. The number of methoxy groups -OCH3 is 1. The number of thioether (sulfide) groups is 2. The van der Waals surface area contributed by atoms with Crippen molar-refractivity contribution in [2.24, 2.45) is 0 Å². The maximum Gasteiger partial charge on any atom is 0.175 e. The van der Waals surface area contributed by atoms with Crippen LogP contribution in [0, 0.1) is 11.6 Å². The standard InChI is InChI=1S/C18H16F2N2OS3/c1-11(13-5-8-15(19)16(20)9-13)25-18-22-21-17(26-18)24-10-12-3-6-14(23-2)7-4-12/h3-9,11H,10H2,1-2H3. The predicted molar refractivity (Wildman–Crippen MR) is 103 cm³/mol. The second-order valence-corrected chi connectivity index (χ2v) is 9.19. The highest BCUT2D eigenvalue weighted by Gasteiger charge is 2.14. The highest BCUT2D eigenvalue weighted by molar-refractivity contribution is 8.03. The summed E-state index contributed by atoms with van der Waals surface area (Å²) >= 11 is 4.60. The molecule has 1 atom stereocenters. The first-order valence-corrected chi connectivity index (χ1v) is 10.4. The fourth-order valence-electron chi connectivity index (χ4n) is 2.15. The van der Waals surface area contributed by atoms with Gasteiger partial charge in [-0.3, -0.25) is 0 Å². The first-order valence-electron chi connectivity index (χ1n) is 7.76. The van der Waals surface area contributed by atoms with Gasteiger partial charge in [-0.2, -0.15) is 0 Å². The second-order valence-electron chi connectivity index (χ2n) is 5.40. The van der Waals surface area contributed by atoms with Crippen molar-refractivity contribution in [1.29, 1.82) is 0 Å². The van der Waals surface area contributed by atoms with Crippen LogP contribution in [0.15, 0.2) is 51.1 Å². The van der Waals surface area contributed by atoms with E-state index in [1.165, 1.54) is 34.7 Å². The van der Waals surface area contributed by atoms with E-state index >= 15 is 0 Å². The Bertz CT molecular complexity index is 871. The van der Waals surface area contributed by atoms with Gasteiger partial charge in [-0.05, 0) is 42.3 Å². The Morgan fingerprint density at radius 3 is 2.46 bits per heavy atom. The van der Waals surface area contributed by atoms with Crippen LogP contribution in [0.2, 0.25) is 0 Å². The smallest absolute Gasteiger partial charge is 0.175 e. The van der Waals surface area contributed by atoms with Crippen LogP contribution in [0.3, 0.4) is 0 Å². The van der Waals surface area contributed by atoms with Crippen LogP contribution < -0.4 is 4.74 Å². The number of hydrogen-bond donors (Lipinski definition) is 0. The highest BCUT2D eigenvalue weighted by atomic mass is 32.2. The fourth-order valence-corrected chi connectivity index (χ4v) is 5.39. The van der Waals surface area contributed by atoms with E-state index in [1.54, 1.807) is 24.9 Å². The number of halogens is 2. The summed E-state index contributed by atoms with van der Waals surface area (Å²) in [4.78, 5) is 0. The summed E-state index contributed by atoms with van der Waals surface area (Å²) in [5.41, 5.74) is 1.90. The minimum atomic E-state index is -0.834. The summed E-state index contributed by atoms with van der Waals surface area (Å²) in [6.45, 7) is 1.93. The molecule has 3 rings (SSSR count). The highest BCUT2D eigenvalue weighted by Crippen LogP contribution is 2.39. The van der Waals surface area contributed by atoms with Gasteiger partial charge < -0.3 is 4.74 Å². The molecule has 0 amide bonds. The van der Waals surface area contributed by atoms with Crippen LogP contribution in [0.25, 0.3) is 0 Å². The van der Waals surface area contributed by atoms with E-state index in [4.69, 9.17) is 4.74 Å². The van der Waals surface area contributed by atoms with E-state index in [2.05, 4.69) is 10.2 Å². The largest absolute Gasteiger partial charge is 0.497 e. The molecule has 0 saturated carbocycles. The third-order valence-corrected chi connectivity index (χ3v) is 6.97. The number of ether oxygens (including phenoxy) is 1. The van der Waals surface area contributed by atoms with Gasteiger partial charge in [0.25, 0.3) is 0 Å². The summed E-state index contributed by atoms with van der Waals surface area (Å²) in [5.74, 6) is -0.0382. The van der Waals surface area contributed by atoms with Gasteiger partial charge in [0.05, 0.1) is 7.11 Å². The number of nitrogens with zero attached hydrogens (tertiary/aromatic N) is 2. The number of aromatic nitrogens is 2. The van der Waals surface area contributed by atoms with Crippen LogP contribution in [0.4, 0.5) is 8.78 Å². The Balaban J connectivity index is 1.57. The summed E-state index contributed by atoms with van der Waals surface area (Å²) in [6.07, 6.45) is 0. The molecule has 0 aliphatic rings. The summed E-state index contributed by atoms with van der Waals surface area (Å²) in [6, 6.07) is 11.9. The lowest BCUT2D eigenvalue weighted by atomic mass is 10.1. The second kappa shape index (κ2) is 8.83. The Morgan fingerprint density at radius 1 is 1.04 bits per heavy atom. The van der Waals surface area contributed by atoms with Crippen molar-refractivity contribution in [2.45, 2.75) is 26.6 Å². The number of hydrogen-bond acceptors (Lipinski definition) is 6. The molecule has 136 valence electrons. The van der Waals surface area contributed by atoms with Crippen molar-refractivity contribution >= 4 is 34.9 Å². The third kappa shape index (κ3) is 4.96. The lowest BCUT2D eigenvalue weighted by Gasteiger charge is -2.09. The lowest BCUT2D eigenvalue weighted by molar-refractivity contribution is 0.414. The first-order chi connectivity index (χ1) is 12.5. The monoisotopic (exact) mass is 410 g/mol. The van der Waals surface area contributed by atoms with E-state index in [9.17, 15) is 8.78 Å². The van der Waals surface area contributed by atoms with Gasteiger partial charge in [-0.1, -0.05) is 53.1 Å². The molecule has 0 radical (unpaired) electrons. The van der Waals surface area contributed by atoms with Gasteiger partial charge in [0, 0.05) is 11.0 Å². The average molecular weight is 411 g/mol. The molecular weight excluding hydrogens is 394 g/mol. The maximum atomic E-state index is 13.4. The molecule has 0 fully saturated rings. The number of rotatable bonds is 7. The van der Waals surface area contributed by atoms with Gasteiger partial charge in [0.15, 0.2) is 20.3 Å². The summed E-state index contributed by atoms with van der Waals surface area (Å²) in [5, 5.41) is 8.34. The van der Waals surface area contributed by atoms with E-state index < -0.39 is 11.6 Å². The Morgan fingerprint density at radius 2 is 1.77 bits per heavy atom. The summed E-state index contributed by atoms with van der Waals surface area (Å²) in [7, 11) is 1.64. The van der Waals surface area contributed by atoms with Crippen LogP contribution in [-0.2, 0) is 5.75 Å². The lowest BCUT2D eigenvalue weighted by Crippen LogP contribution is -1.92. The van der Waals surface area contributed by atoms with Crippen molar-refractivity contribution < 1.29 is 13.5 Å². The minimum Gasteiger partial charge on any atom is -0.497 e. The summed E-state index contributed by atoms with van der Waals surface area (Å²) < 4.78 is 33.2. The van der Waals surface area contributed by atoms with E-state index in [0.717, 1.165) is 31.8 Å². The van der Waals surface area contributed by atoms with Gasteiger partial charge in [-0.15, -0.1) is 10.2 Å². The van der Waals surface area contributed by atoms with Gasteiger partial charge in [0.2, 0.25) is 0 Å². The van der Waals surface area contributed by atoms with Crippen molar-refractivity contribution in [3.8, 4) is 5.75 Å². The molecular formula is C18H16F2N2OS3. The van der Waals surface area contributed by atoms with Crippen LogP contribution in [0.5, 0.6) is 5.75 Å². The molecule has 1 aromatic heterocycles. The van der Waals surface area contributed by atoms with Crippen molar-refractivity contribution in [3.63, 3.8) is 0 Å². The van der Waals surface area contributed by atoms with Crippen molar-refractivity contribution in [3.05, 3.63) is 65.2 Å². The molecule has 26 heavy (non-hydrogen) atoms. The molecule has 2 aromatic carbocycles. The molecule has 1 unspecified atom stereocenters. The molecule has 0 bridgehead atoms. The zero-order chi connectivity index (χ0) is 18.5. The average Bonchev–Trinajstić information content (AvgIpc) is 3.10. The van der Waals surface area contributed by atoms with E-state index in [1.807, 2.05) is 31.2 Å². The number of benzene rings is 2. The first kappa shape index (κ1) is 19.1. The molecule has 0 N–H and O–H groups in total. The fraction of sp³-hybridized carbons (Fsp3) is 0.222. The Hall–Kier alpha value is -1.64. The molecule has 0 saturated heterocycles. The van der Waals surface area contributed by atoms with Crippen molar-refractivity contribution in [1.82, 2.24) is 10.2 Å². The Kier molecular flexibility index (Phi) is 6.50. The Labute approximate surface area is 163 Å². The van der Waals surface area contributed by atoms with Crippen LogP contribution in [-0.4, -0.2) is 17.3 Å².